The van der Waals surface area contributed by atoms with Gasteiger partial charge in [-0.1, -0.05) is 0 Å². The van der Waals surface area contributed by atoms with Gasteiger partial charge in [-0.2, -0.15) is 0 Å². The number of anilines is 2. The first-order chi connectivity index (χ1) is 9.08. The fraction of sp³-hybridized carbons (Fsp3) is 0.167. The average Bonchev–Trinajstić information content (AvgIpc) is 2.37. The second-order valence-electron chi connectivity index (χ2n) is 4.06. The van der Waals surface area contributed by atoms with Crippen molar-refractivity contribution < 1.29 is 4.79 Å². The van der Waals surface area contributed by atoms with Gasteiger partial charge in [-0.3, -0.25) is 4.79 Å². The summed E-state index contributed by atoms with van der Waals surface area (Å²) in [6, 6.07) is 3.71. The van der Waals surface area contributed by atoms with Crippen molar-refractivity contribution >= 4 is 17.5 Å². The van der Waals surface area contributed by atoms with Crippen molar-refractivity contribution in [1.82, 2.24) is 15.0 Å². The number of aryl methyl sites for hydroxylation is 2. The van der Waals surface area contributed by atoms with Crippen LogP contribution in [0.3, 0.4) is 0 Å². The molecule has 2 aromatic rings. The lowest BCUT2D eigenvalue weighted by atomic mass is 10.2. The number of hydrogen-bond acceptors (Lipinski definition) is 6. The molecule has 7 nitrogen and oxygen atoms in total. The van der Waals surface area contributed by atoms with Gasteiger partial charge in [0.1, 0.15) is 11.5 Å². The summed E-state index contributed by atoms with van der Waals surface area (Å²) < 4.78 is 0. The third-order valence-corrected chi connectivity index (χ3v) is 2.37. The summed E-state index contributed by atoms with van der Waals surface area (Å²) in [7, 11) is 0. The van der Waals surface area contributed by atoms with Crippen LogP contribution >= 0.6 is 0 Å². The fourth-order valence-electron chi connectivity index (χ4n) is 1.61. The predicted molar refractivity (Wildman–Crippen MR) is 71.5 cm³/mol. The molecule has 2 aromatic heterocycles. The highest BCUT2D eigenvalue weighted by molar-refractivity contribution is 6.02. The monoisotopic (exact) mass is 258 g/mol. The second-order valence-corrected chi connectivity index (χ2v) is 4.06. The van der Waals surface area contributed by atoms with E-state index in [0.29, 0.717) is 11.6 Å². The average molecular weight is 258 g/mol. The Morgan fingerprint density at radius 1 is 1.16 bits per heavy atom. The first kappa shape index (κ1) is 12.9. The lowest BCUT2D eigenvalue weighted by Gasteiger charge is -2.06. The molecular weight excluding hydrogens is 244 g/mol. The van der Waals surface area contributed by atoms with Crippen LogP contribution in [-0.4, -0.2) is 20.9 Å². The number of rotatable bonds is 3. The van der Waals surface area contributed by atoms with Crippen LogP contribution < -0.4 is 16.6 Å². The summed E-state index contributed by atoms with van der Waals surface area (Å²) in [5.74, 6) is 5.68. The van der Waals surface area contributed by atoms with Crippen molar-refractivity contribution in [3.05, 3.63) is 41.5 Å². The largest absolute Gasteiger partial charge is 0.307 e. The number of pyridine rings is 1. The zero-order chi connectivity index (χ0) is 13.8. The lowest BCUT2D eigenvalue weighted by Crippen LogP contribution is -2.16. The standard InChI is InChI=1S/C12H14N6O/c1-7-3-8(2)16-10(4-7)17-12(19)9-5-15-11(18-13)6-14-9/h3-6H,13H2,1-2H3,(H,15,18)(H,16,17,19). The number of nitrogen functional groups attached to an aromatic ring is 1. The van der Waals surface area contributed by atoms with E-state index >= 15 is 0 Å². The topological polar surface area (TPSA) is 106 Å². The number of hydrogen-bond donors (Lipinski definition) is 3. The molecule has 0 saturated carbocycles. The lowest BCUT2D eigenvalue weighted by molar-refractivity contribution is 0.102. The smallest absolute Gasteiger partial charge is 0.277 e. The molecule has 2 rings (SSSR count). The first-order valence-electron chi connectivity index (χ1n) is 5.64. The molecule has 0 aliphatic heterocycles. The van der Waals surface area contributed by atoms with Crippen LogP contribution in [-0.2, 0) is 0 Å². The third kappa shape index (κ3) is 3.23. The predicted octanol–water partition coefficient (Wildman–Crippen LogP) is 1.03. The highest BCUT2D eigenvalue weighted by Crippen LogP contribution is 2.10. The van der Waals surface area contributed by atoms with Crippen LogP contribution in [0.1, 0.15) is 21.7 Å². The number of nitrogens with one attached hydrogen (secondary N) is 2. The van der Waals surface area contributed by atoms with Crippen molar-refractivity contribution in [1.29, 1.82) is 0 Å². The number of carbonyl (C=O) groups is 1. The number of nitrogens with zero attached hydrogens (tertiary/aromatic N) is 3. The number of hydrazine groups is 1. The highest BCUT2D eigenvalue weighted by atomic mass is 16.1. The van der Waals surface area contributed by atoms with E-state index in [2.05, 4.69) is 25.7 Å². The van der Waals surface area contributed by atoms with E-state index in [1.165, 1.54) is 12.4 Å². The molecule has 0 radical (unpaired) electrons. The van der Waals surface area contributed by atoms with Crippen LogP contribution in [0.5, 0.6) is 0 Å². The van der Waals surface area contributed by atoms with E-state index in [9.17, 15) is 4.79 Å². The van der Waals surface area contributed by atoms with E-state index in [-0.39, 0.29) is 11.6 Å². The van der Waals surface area contributed by atoms with Crippen molar-refractivity contribution in [3.63, 3.8) is 0 Å². The molecule has 0 unspecified atom stereocenters. The Labute approximate surface area is 110 Å². The Kier molecular flexibility index (Phi) is 3.67. The van der Waals surface area contributed by atoms with E-state index in [1.807, 2.05) is 19.9 Å². The fourth-order valence-corrected chi connectivity index (χ4v) is 1.61. The van der Waals surface area contributed by atoms with Crippen LogP contribution in [0.4, 0.5) is 11.6 Å². The third-order valence-electron chi connectivity index (χ3n) is 2.37. The van der Waals surface area contributed by atoms with Gasteiger partial charge in [0.15, 0.2) is 5.82 Å². The van der Waals surface area contributed by atoms with Crippen LogP contribution in [0.15, 0.2) is 24.5 Å². The summed E-state index contributed by atoms with van der Waals surface area (Å²) in [6.07, 6.45) is 2.72. The quantitative estimate of drug-likeness (QED) is 0.560. The number of carbonyl (C=O) groups excluding carboxylic acids is 1. The first-order valence-corrected chi connectivity index (χ1v) is 5.64. The van der Waals surface area contributed by atoms with Crippen molar-refractivity contribution in [2.24, 2.45) is 5.84 Å². The van der Waals surface area contributed by atoms with E-state index < -0.39 is 0 Å². The molecule has 0 aromatic carbocycles. The molecule has 0 bridgehead atoms. The molecule has 2 heterocycles. The van der Waals surface area contributed by atoms with Crippen LogP contribution in [0.2, 0.25) is 0 Å². The van der Waals surface area contributed by atoms with E-state index in [1.54, 1.807) is 6.07 Å². The molecule has 0 saturated heterocycles. The molecular formula is C12H14N6O. The number of aromatic nitrogens is 3. The molecule has 0 spiro atoms. The van der Waals surface area contributed by atoms with Gasteiger partial charge < -0.3 is 10.7 Å². The van der Waals surface area contributed by atoms with Gasteiger partial charge in [-0.25, -0.2) is 20.8 Å². The summed E-state index contributed by atoms with van der Waals surface area (Å²) in [5, 5.41) is 2.67. The zero-order valence-corrected chi connectivity index (χ0v) is 10.6. The zero-order valence-electron chi connectivity index (χ0n) is 10.6. The Bertz CT molecular complexity index is 575. The van der Waals surface area contributed by atoms with Crippen molar-refractivity contribution in [2.45, 2.75) is 13.8 Å². The summed E-state index contributed by atoms with van der Waals surface area (Å²) in [4.78, 5) is 24.0. The Balaban J connectivity index is 2.15. The maximum absolute atomic E-state index is 11.9. The van der Waals surface area contributed by atoms with Gasteiger partial charge in [-0.05, 0) is 31.5 Å². The molecule has 1 amide bonds. The van der Waals surface area contributed by atoms with E-state index in [4.69, 9.17) is 5.84 Å². The Hall–Kier alpha value is -2.54. The van der Waals surface area contributed by atoms with Crippen molar-refractivity contribution in [3.8, 4) is 0 Å². The molecule has 0 fully saturated rings. The van der Waals surface area contributed by atoms with Gasteiger partial charge in [0, 0.05) is 5.69 Å². The van der Waals surface area contributed by atoms with Gasteiger partial charge in [0.2, 0.25) is 0 Å². The van der Waals surface area contributed by atoms with Gasteiger partial charge in [0.25, 0.3) is 5.91 Å². The molecule has 98 valence electrons. The molecule has 4 N–H and O–H groups in total. The molecule has 0 aliphatic rings. The Morgan fingerprint density at radius 3 is 2.53 bits per heavy atom. The minimum Gasteiger partial charge on any atom is -0.307 e. The van der Waals surface area contributed by atoms with E-state index in [0.717, 1.165) is 11.3 Å². The number of amides is 1. The summed E-state index contributed by atoms with van der Waals surface area (Å²) in [6.45, 7) is 3.80. The number of nitrogens with two attached hydrogens (primary N) is 1. The van der Waals surface area contributed by atoms with Crippen LogP contribution in [0.25, 0.3) is 0 Å². The molecule has 19 heavy (non-hydrogen) atoms. The van der Waals surface area contributed by atoms with Gasteiger partial charge in [0.05, 0.1) is 12.4 Å². The van der Waals surface area contributed by atoms with Gasteiger partial charge >= 0.3 is 0 Å². The normalized spacial score (nSPS) is 10.1. The van der Waals surface area contributed by atoms with Crippen LogP contribution in [0, 0.1) is 13.8 Å². The minimum absolute atomic E-state index is 0.194. The molecule has 0 aliphatic carbocycles. The minimum atomic E-state index is -0.367. The highest BCUT2D eigenvalue weighted by Gasteiger charge is 2.09. The SMILES string of the molecule is Cc1cc(C)nc(NC(=O)c2cnc(NN)cn2)c1. The van der Waals surface area contributed by atoms with Crippen molar-refractivity contribution in [2.75, 3.05) is 10.7 Å². The van der Waals surface area contributed by atoms with Gasteiger partial charge in [-0.15, -0.1) is 0 Å². The molecule has 7 heteroatoms. The maximum Gasteiger partial charge on any atom is 0.277 e. The maximum atomic E-state index is 11.9. The summed E-state index contributed by atoms with van der Waals surface area (Å²) >= 11 is 0. The Morgan fingerprint density at radius 2 is 1.95 bits per heavy atom. The summed E-state index contributed by atoms with van der Waals surface area (Å²) in [5.41, 5.74) is 4.40. The second kappa shape index (κ2) is 5.40. The molecule has 0 atom stereocenters.